The first-order chi connectivity index (χ1) is 24.1. The molecule has 232 valence electrons. The molecular formula is C47H33NO. The molecule has 0 fully saturated rings. The van der Waals surface area contributed by atoms with Crippen molar-refractivity contribution in [1.82, 2.24) is 0 Å². The van der Waals surface area contributed by atoms with Gasteiger partial charge < -0.3 is 9.32 Å². The average Bonchev–Trinajstić information content (AvgIpc) is 3.65. The fourth-order valence-electron chi connectivity index (χ4n) is 8.34. The van der Waals surface area contributed by atoms with Gasteiger partial charge in [0.25, 0.3) is 0 Å². The molecule has 0 spiro atoms. The van der Waals surface area contributed by atoms with E-state index >= 15 is 0 Å². The first-order valence-corrected chi connectivity index (χ1v) is 17.0. The molecule has 10 rings (SSSR count). The molecule has 2 heteroatoms. The molecule has 8 aromatic carbocycles. The van der Waals surface area contributed by atoms with Gasteiger partial charge in [-0.25, -0.2) is 0 Å². The molecule has 0 radical (unpaired) electrons. The summed E-state index contributed by atoms with van der Waals surface area (Å²) in [6.45, 7) is 4.68. The highest BCUT2D eigenvalue weighted by atomic mass is 16.3. The van der Waals surface area contributed by atoms with E-state index in [0.29, 0.717) is 0 Å². The zero-order chi connectivity index (χ0) is 32.7. The van der Waals surface area contributed by atoms with E-state index in [2.05, 4.69) is 183 Å². The summed E-state index contributed by atoms with van der Waals surface area (Å²) in [6, 6.07) is 59.1. The molecule has 0 bridgehead atoms. The smallest absolute Gasteiger partial charge is 0.159 e. The fraction of sp³-hybridized carbons (Fsp3) is 0.0638. The number of hydrogen-bond acceptors (Lipinski definition) is 2. The lowest BCUT2D eigenvalue weighted by Gasteiger charge is -2.27. The molecule has 0 saturated heterocycles. The van der Waals surface area contributed by atoms with Crippen LogP contribution in [0.25, 0.3) is 65.7 Å². The van der Waals surface area contributed by atoms with Gasteiger partial charge in [0.2, 0.25) is 0 Å². The highest BCUT2D eigenvalue weighted by Crippen LogP contribution is 2.56. The normalized spacial score (nSPS) is 13.3. The second-order valence-electron chi connectivity index (χ2n) is 13.7. The van der Waals surface area contributed by atoms with E-state index in [4.69, 9.17) is 4.42 Å². The van der Waals surface area contributed by atoms with Crippen molar-refractivity contribution in [1.29, 1.82) is 0 Å². The summed E-state index contributed by atoms with van der Waals surface area (Å²) in [6.07, 6.45) is 0. The number of nitrogens with zero attached hydrogens (tertiary/aromatic N) is 1. The molecule has 9 aromatic rings. The van der Waals surface area contributed by atoms with E-state index in [1.165, 1.54) is 54.9 Å². The Hall–Kier alpha value is -6.12. The quantitative estimate of drug-likeness (QED) is 0.181. The van der Waals surface area contributed by atoms with Crippen LogP contribution in [-0.2, 0) is 5.41 Å². The van der Waals surface area contributed by atoms with Crippen molar-refractivity contribution in [3.63, 3.8) is 0 Å². The molecule has 1 aliphatic rings. The number of anilines is 3. The van der Waals surface area contributed by atoms with Gasteiger partial charge >= 0.3 is 0 Å². The second-order valence-corrected chi connectivity index (χ2v) is 13.7. The van der Waals surface area contributed by atoms with Crippen LogP contribution in [0.3, 0.4) is 0 Å². The van der Waals surface area contributed by atoms with E-state index in [9.17, 15) is 0 Å². The largest absolute Gasteiger partial charge is 0.453 e. The average molecular weight is 628 g/mol. The summed E-state index contributed by atoms with van der Waals surface area (Å²) in [7, 11) is 0. The zero-order valence-corrected chi connectivity index (χ0v) is 27.4. The maximum absolute atomic E-state index is 7.32. The Kier molecular flexibility index (Phi) is 5.95. The standard InChI is InChI=1S/C47H33NO/c1-47(2)39-26-14-13-24-36(39)44-40(47)29-38(30-16-5-3-6-17-30)43-37-25-15-27-41(45(37)49-46(43)44)48(32-19-7-4-8-20-32)42-28-31-18-9-10-21-33(31)34-22-11-12-23-35(34)42/h3-29H,1-2H3. The van der Waals surface area contributed by atoms with Crippen molar-refractivity contribution in [3.8, 4) is 22.3 Å². The highest BCUT2D eigenvalue weighted by molar-refractivity contribution is 6.21. The van der Waals surface area contributed by atoms with Crippen LogP contribution in [0, 0.1) is 0 Å². The Bertz CT molecular complexity index is 2740. The van der Waals surface area contributed by atoms with Gasteiger partial charge in [0.05, 0.1) is 11.4 Å². The first-order valence-electron chi connectivity index (χ1n) is 17.0. The van der Waals surface area contributed by atoms with Crippen LogP contribution in [0.5, 0.6) is 0 Å². The van der Waals surface area contributed by atoms with Gasteiger partial charge in [0.1, 0.15) is 5.58 Å². The number of benzene rings is 8. The Labute approximate surface area is 285 Å². The van der Waals surface area contributed by atoms with Gasteiger partial charge in [-0.3, -0.25) is 0 Å². The number of furan rings is 1. The summed E-state index contributed by atoms with van der Waals surface area (Å²) < 4.78 is 7.32. The summed E-state index contributed by atoms with van der Waals surface area (Å²) in [5, 5.41) is 7.15. The van der Waals surface area contributed by atoms with Gasteiger partial charge in [-0.1, -0.05) is 147 Å². The number of para-hydroxylation sites is 2. The van der Waals surface area contributed by atoms with Crippen molar-refractivity contribution in [2.75, 3.05) is 4.90 Å². The molecule has 0 unspecified atom stereocenters. The summed E-state index contributed by atoms with van der Waals surface area (Å²) in [5.74, 6) is 0. The maximum atomic E-state index is 7.32. The zero-order valence-electron chi connectivity index (χ0n) is 27.4. The van der Waals surface area contributed by atoms with E-state index in [0.717, 1.165) is 39.0 Å². The Balaban J connectivity index is 1.35. The minimum Gasteiger partial charge on any atom is -0.453 e. The fourth-order valence-corrected chi connectivity index (χ4v) is 8.34. The van der Waals surface area contributed by atoms with Crippen molar-refractivity contribution in [2.45, 2.75) is 19.3 Å². The number of hydrogen-bond donors (Lipinski definition) is 0. The van der Waals surface area contributed by atoms with Crippen molar-refractivity contribution < 1.29 is 4.42 Å². The molecule has 1 heterocycles. The van der Waals surface area contributed by atoms with Crippen LogP contribution in [0.4, 0.5) is 17.1 Å². The summed E-state index contributed by atoms with van der Waals surface area (Å²) in [4.78, 5) is 2.39. The molecule has 1 aromatic heterocycles. The first kappa shape index (κ1) is 27.9. The van der Waals surface area contributed by atoms with Crippen LogP contribution in [0.2, 0.25) is 0 Å². The third-order valence-corrected chi connectivity index (χ3v) is 10.6. The predicted molar refractivity (Wildman–Crippen MR) is 206 cm³/mol. The Morgan fingerprint density at radius 2 is 1.12 bits per heavy atom. The Morgan fingerprint density at radius 3 is 1.94 bits per heavy atom. The topological polar surface area (TPSA) is 16.4 Å². The third kappa shape index (κ3) is 4.01. The number of fused-ring (bicyclic) bond motifs is 10. The van der Waals surface area contributed by atoms with E-state index in [-0.39, 0.29) is 5.41 Å². The minimum atomic E-state index is -0.161. The minimum absolute atomic E-state index is 0.161. The summed E-state index contributed by atoms with van der Waals surface area (Å²) in [5.41, 5.74) is 12.4. The highest BCUT2D eigenvalue weighted by Gasteiger charge is 2.39. The van der Waals surface area contributed by atoms with Crippen LogP contribution in [0.15, 0.2) is 168 Å². The predicted octanol–water partition coefficient (Wildman–Crippen LogP) is 13.3. The lowest BCUT2D eigenvalue weighted by atomic mass is 9.81. The van der Waals surface area contributed by atoms with Gasteiger partial charge in [-0.2, -0.15) is 0 Å². The molecule has 49 heavy (non-hydrogen) atoms. The molecule has 0 N–H and O–H groups in total. The van der Waals surface area contributed by atoms with Crippen molar-refractivity contribution >= 4 is 60.5 Å². The molecular weight excluding hydrogens is 595 g/mol. The lowest BCUT2D eigenvalue weighted by molar-refractivity contribution is 0.653. The maximum Gasteiger partial charge on any atom is 0.159 e. The van der Waals surface area contributed by atoms with E-state index in [1.807, 2.05) is 0 Å². The van der Waals surface area contributed by atoms with Crippen LogP contribution < -0.4 is 4.90 Å². The van der Waals surface area contributed by atoms with Gasteiger partial charge in [0, 0.05) is 32.8 Å². The summed E-state index contributed by atoms with van der Waals surface area (Å²) >= 11 is 0. The van der Waals surface area contributed by atoms with Gasteiger partial charge in [0.15, 0.2) is 5.58 Å². The van der Waals surface area contributed by atoms with Crippen molar-refractivity contribution in [2.24, 2.45) is 0 Å². The van der Waals surface area contributed by atoms with E-state index < -0.39 is 0 Å². The molecule has 0 amide bonds. The number of rotatable bonds is 4. The SMILES string of the molecule is CC1(C)c2ccccc2-c2c1cc(-c1ccccc1)c1c2oc2c(N(c3ccccc3)c3cc4ccccc4c4ccccc34)cccc21. The molecule has 0 saturated carbocycles. The molecule has 2 nitrogen and oxygen atoms in total. The molecule has 0 aliphatic heterocycles. The van der Waals surface area contributed by atoms with Crippen LogP contribution in [0.1, 0.15) is 25.0 Å². The third-order valence-electron chi connectivity index (χ3n) is 10.6. The Morgan fingerprint density at radius 1 is 0.469 bits per heavy atom. The molecule has 0 atom stereocenters. The van der Waals surface area contributed by atoms with Gasteiger partial charge in [-0.15, -0.1) is 0 Å². The van der Waals surface area contributed by atoms with Gasteiger partial charge in [-0.05, 0) is 74.3 Å². The van der Waals surface area contributed by atoms with Crippen molar-refractivity contribution in [3.05, 3.63) is 175 Å². The monoisotopic (exact) mass is 627 g/mol. The second kappa shape index (κ2) is 10.4. The van der Waals surface area contributed by atoms with Crippen LogP contribution in [-0.4, -0.2) is 0 Å². The lowest BCUT2D eigenvalue weighted by Crippen LogP contribution is -2.15. The molecule has 1 aliphatic carbocycles. The van der Waals surface area contributed by atoms with Crippen LogP contribution >= 0.6 is 0 Å². The van der Waals surface area contributed by atoms with E-state index in [1.54, 1.807) is 0 Å².